The van der Waals surface area contributed by atoms with Crippen molar-refractivity contribution in [1.29, 1.82) is 0 Å². The van der Waals surface area contributed by atoms with Crippen LogP contribution in [0.15, 0.2) is 41.8 Å². The third-order valence-corrected chi connectivity index (χ3v) is 5.22. The van der Waals surface area contributed by atoms with E-state index in [9.17, 15) is 9.90 Å². The topological polar surface area (TPSA) is 62.2 Å². The Labute approximate surface area is 157 Å². The van der Waals surface area contributed by atoms with Gasteiger partial charge in [-0.25, -0.2) is 0 Å². The molecule has 140 valence electrons. The molecule has 1 N–H and O–H groups in total. The number of carbonyl (C=O) groups is 1. The van der Waals surface area contributed by atoms with Gasteiger partial charge in [0.2, 0.25) is 0 Å². The van der Waals surface area contributed by atoms with Gasteiger partial charge in [0.1, 0.15) is 24.2 Å². The van der Waals surface area contributed by atoms with E-state index in [1.54, 1.807) is 7.11 Å². The molecule has 2 heterocycles. The van der Waals surface area contributed by atoms with Gasteiger partial charge in [0, 0.05) is 32.7 Å². The Bertz CT molecular complexity index is 682. The molecule has 1 fully saturated rings. The van der Waals surface area contributed by atoms with Crippen LogP contribution in [0, 0.1) is 0 Å². The highest BCUT2D eigenvalue weighted by atomic mass is 32.1. The number of methoxy groups -OCH3 is 1. The van der Waals surface area contributed by atoms with Crippen molar-refractivity contribution in [2.45, 2.75) is 6.10 Å². The van der Waals surface area contributed by atoms with E-state index in [-0.39, 0.29) is 12.5 Å². The van der Waals surface area contributed by atoms with Crippen molar-refractivity contribution in [2.24, 2.45) is 0 Å². The second-order valence-corrected chi connectivity index (χ2v) is 7.16. The van der Waals surface area contributed by atoms with Crippen LogP contribution >= 0.6 is 11.3 Å². The molecule has 1 atom stereocenters. The van der Waals surface area contributed by atoms with E-state index in [1.807, 2.05) is 46.7 Å². The van der Waals surface area contributed by atoms with Gasteiger partial charge in [0.05, 0.1) is 12.0 Å². The molecule has 1 aromatic carbocycles. The van der Waals surface area contributed by atoms with Gasteiger partial charge in [-0.05, 0) is 35.7 Å². The summed E-state index contributed by atoms with van der Waals surface area (Å²) in [4.78, 5) is 17.2. The first kappa shape index (κ1) is 18.7. The number of β-amino-alcohol motifs (C(OH)–C–C–N with tert-alkyl or cyclic N) is 1. The Hall–Kier alpha value is -2.09. The summed E-state index contributed by atoms with van der Waals surface area (Å²) in [7, 11) is 1.62. The number of ether oxygens (including phenoxy) is 2. The summed E-state index contributed by atoms with van der Waals surface area (Å²) < 4.78 is 10.7. The largest absolute Gasteiger partial charge is 0.497 e. The van der Waals surface area contributed by atoms with E-state index < -0.39 is 6.10 Å². The SMILES string of the molecule is COc1ccc(OC[C@H](O)CN2CCN(C(=O)c3cccs3)CC2)cc1. The Kier molecular flexibility index (Phi) is 6.49. The molecule has 3 rings (SSSR count). The van der Waals surface area contributed by atoms with E-state index >= 15 is 0 Å². The van der Waals surface area contributed by atoms with Crippen LogP contribution in [0.2, 0.25) is 0 Å². The quantitative estimate of drug-likeness (QED) is 0.800. The summed E-state index contributed by atoms with van der Waals surface area (Å²) in [5, 5.41) is 12.1. The molecule has 0 aliphatic carbocycles. The molecule has 0 spiro atoms. The zero-order chi connectivity index (χ0) is 18.4. The number of carbonyl (C=O) groups excluding carboxylic acids is 1. The molecule has 0 radical (unpaired) electrons. The molecule has 0 bridgehead atoms. The molecule has 1 aliphatic heterocycles. The summed E-state index contributed by atoms with van der Waals surface area (Å²) in [6, 6.07) is 11.0. The maximum Gasteiger partial charge on any atom is 0.264 e. The first-order valence-electron chi connectivity index (χ1n) is 8.66. The fraction of sp³-hybridized carbons (Fsp3) is 0.421. The van der Waals surface area contributed by atoms with Crippen molar-refractivity contribution in [3.05, 3.63) is 46.7 Å². The number of nitrogens with zero attached hydrogens (tertiary/aromatic N) is 2. The molecular formula is C19H24N2O4S. The molecule has 1 amide bonds. The summed E-state index contributed by atoms with van der Waals surface area (Å²) >= 11 is 1.47. The molecule has 1 aromatic heterocycles. The van der Waals surface area contributed by atoms with Crippen LogP contribution in [-0.2, 0) is 0 Å². The average molecular weight is 376 g/mol. The molecule has 26 heavy (non-hydrogen) atoms. The van der Waals surface area contributed by atoms with E-state index in [4.69, 9.17) is 9.47 Å². The fourth-order valence-electron chi connectivity index (χ4n) is 2.90. The average Bonchev–Trinajstić information content (AvgIpc) is 3.21. The number of aliphatic hydroxyl groups excluding tert-OH is 1. The zero-order valence-corrected chi connectivity index (χ0v) is 15.7. The summed E-state index contributed by atoms with van der Waals surface area (Å²) in [6.07, 6.45) is -0.573. The van der Waals surface area contributed by atoms with Crippen LogP contribution in [0.1, 0.15) is 9.67 Å². The molecule has 7 heteroatoms. The van der Waals surface area contributed by atoms with E-state index in [0.717, 1.165) is 23.7 Å². The van der Waals surface area contributed by atoms with Crippen LogP contribution < -0.4 is 9.47 Å². The number of hydrogen-bond donors (Lipinski definition) is 1. The number of hydrogen-bond acceptors (Lipinski definition) is 6. The second kappa shape index (κ2) is 9.02. The Balaban J connectivity index is 1.39. The van der Waals surface area contributed by atoms with Crippen molar-refractivity contribution >= 4 is 17.2 Å². The van der Waals surface area contributed by atoms with Gasteiger partial charge >= 0.3 is 0 Å². The van der Waals surface area contributed by atoms with Crippen LogP contribution in [-0.4, -0.2) is 73.4 Å². The maximum atomic E-state index is 12.3. The highest BCUT2D eigenvalue weighted by Gasteiger charge is 2.23. The number of thiophene rings is 1. The lowest BCUT2D eigenvalue weighted by Crippen LogP contribution is -2.50. The minimum absolute atomic E-state index is 0.100. The minimum Gasteiger partial charge on any atom is -0.497 e. The van der Waals surface area contributed by atoms with Gasteiger partial charge in [0.15, 0.2) is 0 Å². The third-order valence-electron chi connectivity index (χ3n) is 4.36. The van der Waals surface area contributed by atoms with Crippen molar-refractivity contribution in [3.63, 3.8) is 0 Å². The number of amides is 1. The fourth-order valence-corrected chi connectivity index (χ4v) is 3.60. The number of aliphatic hydroxyl groups is 1. The van der Waals surface area contributed by atoms with Gasteiger partial charge in [0.25, 0.3) is 5.91 Å². The lowest BCUT2D eigenvalue weighted by molar-refractivity contribution is 0.0406. The van der Waals surface area contributed by atoms with Gasteiger partial charge < -0.3 is 19.5 Å². The molecule has 0 unspecified atom stereocenters. The Morgan fingerprint density at radius 2 is 1.85 bits per heavy atom. The molecule has 1 saturated heterocycles. The van der Waals surface area contributed by atoms with E-state index in [0.29, 0.717) is 25.4 Å². The van der Waals surface area contributed by atoms with E-state index in [1.165, 1.54) is 11.3 Å². The van der Waals surface area contributed by atoms with Crippen molar-refractivity contribution in [1.82, 2.24) is 9.80 Å². The first-order valence-corrected chi connectivity index (χ1v) is 9.53. The Morgan fingerprint density at radius 1 is 1.15 bits per heavy atom. The molecular weight excluding hydrogens is 352 g/mol. The standard InChI is InChI=1S/C19H24N2O4S/c1-24-16-4-6-17(7-5-16)25-14-15(22)13-20-8-10-21(11-9-20)19(23)18-3-2-12-26-18/h2-7,12,15,22H,8-11,13-14H2,1H3/t15-/m1/s1. The van der Waals surface area contributed by atoms with Gasteiger partial charge in [-0.2, -0.15) is 0 Å². The summed E-state index contributed by atoms with van der Waals surface area (Å²) in [6.45, 7) is 3.66. The van der Waals surface area contributed by atoms with Crippen LogP contribution in [0.3, 0.4) is 0 Å². The number of piperazine rings is 1. The number of rotatable bonds is 7. The predicted octanol–water partition coefficient (Wildman–Crippen LogP) is 1.95. The highest BCUT2D eigenvalue weighted by Crippen LogP contribution is 2.17. The normalized spacial score (nSPS) is 16.3. The van der Waals surface area contributed by atoms with Crippen LogP contribution in [0.25, 0.3) is 0 Å². The Morgan fingerprint density at radius 3 is 2.46 bits per heavy atom. The van der Waals surface area contributed by atoms with Gasteiger partial charge in [-0.15, -0.1) is 11.3 Å². The first-order chi connectivity index (χ1) is 12.7. The summed E-state index contributed by atoms with van der Waals surface area (Å²) in [5.41, 5.74) is 0. The third kappa shape index (κ3) is 4.97. The molecule has 2 aromatic rings. The van der Waals surface area contributed by atoms with E-state index in [2.05, 4.69) is 4.90 Å². The van der Waals surface area contributed by atoms with Crippen LogP contribution in [0.4, 0.5) is 0 Å². The molecule has 6 nitrogen and oxygen atoms in total. The monoisotopic (exact) mass is 376 g/mol. The highest BCUT2D eigenvalue weighted by molar-refractivity contribution is 7.12. The zero-order valence-electron chi connectivity index (χ0n) is 14.8. The van der Waals surface area contributed by atoms with Crippen LogP contribution in [0.5, 0.6) is 11.5 Å². The lowest BCUT2D eigenvalue weighted by Gasteiger charge is -2.35. The van der Waals surface area contributed by atoms with Crippen molar-refractivity contribution in [2.75, 3.05) is 46.4 Å². The minimum atomic E-state index is -0.573. The van der Waals surface area contributed by atoms with Gasteiger partial charge in [-0.1, -0.05) is 6.07 Å². The molecule has 0 saturated carbocycles. The second-order valence-electron chi connectivity index (χ2n) is 6.21. The number of benzene rings is 1. The lowest BCUT2D eigenvalue weighted by atomic mass is 10.2. The predicted molar refractivity (Wildman–Crippen MR) is 101 cm³/mol. The van der Waals surface area contributed by atoms with Crippen molar-refractivity contribution < 1.29 is 19.4 Å². The van der Waals surface area contributed by atoms with Gasteiger partial charge in [-0.3, -0.25) is 9.69 Å². The summed E-state index contributed by atoms with van der Waals surface area (Å²) in [5.74, 6) is 1.58. The maximum absolute atomic E-state index is 12.3. The van der Waals surface area contributed by atoms with Crippen molar-refractivity contribution in [3.8, 4) is 11.5 Å². The smallest absolute Gasteiger partial charge is 0.264 e. The molecule has 1 aliphatic rings.